The summed E-state index contributed by atoms with van der Waals surface area (Å²) < 4.78 is 56.1. The summed E-state index contributed by atoms with van der Waals surface area (Å²) in [5.74, 6) is -0.150. The second-order valence-electron chi connectivity index (χ2n) is 4.04. The molecule has 6 heteroatoms. The van der Waals surface area contributed by atoms with Crippen LogP contribution in [0.3, 0.4) is 0 Å². The minimum atomic E-state index is -4.40. The van der Waals surface area contributed by atoms with Gasteiger partial charge in [-0.05, 0) is 36.4 Å². The number of nitrogens with two attached hydrogens (primary N) is 1. The highest BCUT2D eigenvalue weighted by molar-refractivity contribution is 5.39. The number of hydrogen-bond donors (Lipinski definition) is 1. The molecule has 0 radical (unpaired) electrons. The summed E-state index contributed by atoms with van der Waals surface area (Å²) in [6.45, 7) is -0.0668. The molecule has 0 spiro atoms. The third-order valence-corrected chi connectivity index (χ3v) is 2.69. The van der Waals surface area contributed by atoms with Crippen molar-refractivity contribution in [2.24, 2.45) is 5.73 Å². The highest BCUT2D eigenvalue weighted by atomic mass is 19.4. The van der Waals surface area contributed by atoms with E-state index in [1.165, 1.54) is 30.3 Å². The van der Waals surface area contributed by atoms with Crippen molar-refractivity contribution in [1.29, 1.82) is 0 Å². The van der Waals surface area contributed by atoms with Gasteiger partial charge in [0.15, 0.2) is 0 Å². The van der Waals surface area contributed by atoms with Crippen LogP contribution in [0.15, 0.2) is 42.5 Å². The summed E-state index contributed by atoms with van der Waals surface area (Å²) in [6.07, 6.45) is -4.40. The Morgan fingerprint density at radius 3 is 2.20 bits per heavy atom. The Kier molecular flexibility index (Phi) is 3.94. The van der Waals surface area contributed by atoms with Gasteiger partial charge in [-0.3, -0.25) is 0 Å². The Morgan fingerprint density at radius 2 is 1.65 bits per heavy atom. The van der Waals surface area contributed by atoms with Crippen molar-refractivity contribution in [3.8, 4) is 11.5 Å². The molecule has 0 saturated heterocycles. The standard InChI is InChI=1S/C14H11F4NO/c15-12-2-1-3-13(11(12)8-19)20-10-6-4-9(5-7-10)14(16,17)18/h1-7H,8,19H2. The molecule has 2 aromatic rings. The minimum absolute atomic E-state index is 0.0668. The fourth-order valence-electron chi connectivity index (χ4n) is 1.67. The summed E-state index contributed by atoms with van der Waals surface area (Å²) in [6, 6.07) is 8.33. The van der Waals surface area contributed by atoms with Crippen LogP contribution in [0.4, 0.5) is 17.6 Å². The highest BCUT2D eigenvalue weighted by Crippen LogP contribution is 2.32. The van der Waals surface area contributed by atoms with E-state index in [1.54, 1.807) is 0 Å². The molecule has 0 amide bonds. The molecule has 0 saturated carbocycles. The summed E-state index contributed by atoms with van der Waals surface area (Å²) in [7, 11) is 0. The summed E-state index contributed by atoms with van der Waals surface area (Å²) in [5, 5.41) is 0. The lowest BCUT2D eigenvalue weighted by Crippen LogP contribution is -2.04. The molecule has 20 heavy (non-hydrogen) atoms. The lowest BCUT2D eigenvalue weighted by Gasteiger charge is -2.12. The van der Waals surface area contributed by atoms with Crippen LogP contribution in [0.2, 0.25) is 0 Å². The van der Waals surface area contributed by atoms with E-state index in [0.717, 1.165) is 12.1 Å². The van der Waals surface area contributed by atoms with E-state index in [1.807, 2.05) is 0 Å². The van der Waals surface area contributed by atoms with E-state index in [2.05, 4.69) is 0 Å². The van der Waals surface area contributed by atoms with Crippen molar-refractivity contribution in [2.45, 2.75) is 12.7 Å². The molecule has 106 valence electrons. The lowest BCUT2D eigenvalue weighted by molar-refractivity contribution is -0.137. The van der Waals surface area contributed by atoms with Gasteiger partial charge in [-0.25, -0.2) is 4.39 Å². The number of hydrogen-bond acceptors (Lipinski definition) is 2. The first-order valence-corrected chi connectivity index (χ1v) is 5.74. The molecule has 2 rings (SSSR count). The number of rotatable bonds is 3. The van der Waals surface area contributed by atoms with Gasteiger partial charge in [0.1, 0.15) is 17.3 Å². The predicted molar refractivity (Wildman–Crippen MR) is 65.8 cm³/mol. The van der Waals surface area contributed by atoms with Gasteiger partial charge in [0.05, 0.1) is 5.56 Å². The molecule has 0 bridgehead atoms. The van der Waals surface area contributed by atoms with Crippen LogP contribution in [0, 0.1) is 5.82 Å². The van der Waals surface area contributed by atoms with E-state index in [0.29, 0.717) is 0 Å². The maximum Gasteiger partial charge on any atom is 0.416 e. The molecular weight excluding hydrogens is 274 g/mol. The molecule has 0 aliphatic carbocycles. The van der Waals surface area contributed by atoms with Crippen LogP contribution in [0.5, 0.6) is 11.5 Å². The lowest BCUT2D eigenvalue weighted by atomic mass is 10.2. The highest BCUT2D eigenvalue weighted by Gasteiger charge is 2.30. The van der Waals surface area contributed by atoms with Crippen molar-refractivity contribution in [3.63, 3.8) is 0 Å². The summed E-state index contributed by atoms with van der Waals surface area (Å²) >= 11 is 0. The number of ether oxygens (including phenoxy) is 1. The molecule has 0 heterocycles. The molecule has 0 aliphatic heterocycles. The number of halogens is 4. The Hall–Kier alpha value is -2.08. The van der Waals surface area contributed by atoms with E-state index < -0.39 is 17.6 Å². The smallest absolute Gasteiger partial charge is 0.416 e. The first kappa shape index (κ1) is 14.3. The SMILES string of the molecule is NCc1c(F)cccc1Oc1ccc(C(F)(F)F)cc1. The van der Waals surface area contributed by atoms with E-state index in [4.69, 9.17) is 10.5 Å². The van der Waals surface area contributed by atoms with Gasteiger partial charge in [0.25, 0.3) is 0 Å². The van der Waals surface area contributed by atoms with E-state index in [9.17, 15) is 17.6 Å². The van der Waals surface area contributed by atoms with Gasteiger partial charge in [-0.1, -0.05) is 6.07 Å². The van der Waals surface area contributed by atoms with Crippen LogP contribution in [0.1, 0.15) is 11.1 Å². The Bertz CT molecular complexity index is 593. The first-order valence-electron chi connectivity index (χ1n) is 5.74. The second kappa shape index (κ2) is 5.50. The zero-order chi connectivity index (χ0) is 14.8. The second-order valence-corrected chi connectivity index (χ2v) is 4.04. The molecule has 0 unspecified atom stereocenters. The average molecular weight is 285 g/mol. The zero-order valence-corrected chi connectivity index (χ0v) is 10.2. The van der Waals surface area contributed by atoms with Crippen molar-refractivity contribution >= 4 is 0 Å². The number of benzene rings is 2. The van der Waals surface area contributed by atoms with Gasteiger partial charge >= 0.3 is 6.18 Å². The molecule has 0 atom stereocenters. The quantitative estimate of drug-likeness (QED) is 0.862. The third-order valence-electron chi connectivity index (χ3n) is 2.69. The van der Waals surface area contributed by atoms with Gasteiger partial charge < -0.3 is 10.5 Å². The Balaban J connectivity index is 2.25. The van der Waals surface area contributed by atoms with Crippen LogP contribution < -0.4 is 10.5 Å². The van der Waals surface area contributed by atoms with Gasteiger partial charge in [-0.2, -0.15) is 13.2 Å². The van der Waals surface area contributed by atoms with Gasteiger partial charge in [0.2, 0.25) is 0 Å². The minimum Gasteiger partial charge on any atom is -0.457 e. The van der Waals surface area contributed by atoms with Crippen molar-refractivity contribution in [1.82, 2.24) is 0 Å². The molecule has 0 fully saturated rings. The topological polar surface area (TPSA) is 35.2 Å². The van der Waals surface area contributed by atoms with Gasteiger partial charge in [0, 0.05) is 12.1 Å². The molecule has 2 aromatic carbocycles. The molecule has 2 nitrogen and oxygen atoms in total. The third kappa shape index (κ3) is 3.08. The Labute approximate surface area is 112 Å². The van der Waals surface area contributed by atoms with Gasteiger partial charge in [-0.15, -0.1) is 0 Å². The summed E-state index contributed by atoms with van der Waals surface area (Å²) in [5.41, 5.74) is 4.82. The summed E-state index contributed by atoms with van der Waals surface area (Å²) in [4.78, 5) is 0. The van der Waals surface area contributed by atoms with Crippen molar-refractivity contribution in [3.05, 3.63) is 59.4 Å². The first-order chi connectivity index (χ1) is 9.41. The monoisotopic (exact) mass is 285 g/mol. The fourth-order valence-corrected chi connectivity index (χ4v) is 1.67. The maximum atomic E-state index is 13.5. The molecular formula is C14H11F4NO. The normalized spacial score (nSPS) is 11.4. The Morgan fingerprint density at radius 1 is 1.00 bits per heavy atom. The largest absolute Gasteiger partial charge is 0.457 e. The van der Waals surface area contributed by atoms with Crippen LogP contribution >= 0.6 is 0 Å². The molecule has 2 N–H and O–H groups in total. The van der Waals surface area contributed by atoms with Crippen molar-refractivity contribution in [2.75, 3.05) is 0 Å². The van der Waals surface area contributed by atoms with Crippen LogP contribution in [0.25, 0.3) is 0 Å². The molecule has 0 aromatic heterocycles. The number of alkyl halides is 3. The molecule has 0 aliphatic rings. The fraction of sp³-hybridized carbons (Fsp3) is 0.143. The average Bonchev–Trinajstić information content (AvgIpc) is 2.38. The van der Waals surface area contributed by atoms with Crippen molar-refractivity contribution < 1.29 is 22.3 Å². The van der Waals surface area contributed by atoms with E-state index >= 15 is 0 Å². The van der Waals surface area contributed by atoms with E-state index in [-0.39, 0.29) is 23.6 Å². The zero-order valence-electron chi connectivity index (χ0n) is 10.2. The maximum absolute atomic E-state index is 13.5. The van der Waals surface area contributed by atoms with Crippen LogP contribution in [-0.4, -0.2) is 0 Å². The predicted octanol–water partition coefficient (Wildman–Crippen LogP) is 4.10. The van der Waals surface area contributed by atoms with Crippen LogP contribution in [-0.2, 0) is 12.7 Å².